The number of rotatable bonds is 5. The van der Waals surface area contributed by atoms with Gasteiger partial charge in [-0.2, -0.15) is 5.26 Å². The van der Waals surface area contributed by atoms with E-state index < -0.39 is 6.09 Å². The number of hydrogen-bond donors (Lipinski definition) is 1. The SMILES string of the molecule is CCn1c(-c2cccc(NC(=O)OC3CCOC3)c2)c(C#N)c2ccc(OC)cc21. The molecule has 1 amide bonds. The number of nitrogens with zero attached hydrogens (tertiary/aromatic N) is 2. The minimum atomic E-state index is -0.510. The van der Waals surface area contributed by atoms with Crippen LogP contribution in [0.2, 0.25) is 0 Å². The van der Waals surface area contributed by atoms with Gasteiger partial charge in [-0.15, -0.1) is 0 Å². The van der Waals surface area contributed by atoms with E-state index in [0.717, 1.165) is 27.9 Å². The van der Waals surface area contributed by atoms with Crippen LogP contribution in [0.1, 0.15) is 18.9 Å². The first-order valence-corrected chi connectivity index (χ1v) is 9.90. The zero-order chi connectivity index (χ0) is 21.1. The zero-order valence-corrected chi connectivity index (χ0v) is 17.0. The van der Waals surface area contributed by atoms with Crippen molar-refractivity contribution in [2.24, 2.45) is 0 Å². The molecular weight excluding hydrogens is 382 g/mol. The van der Waals surface area contributed by atoms with Crippen molar-refractivity contribution < 1.29 is 19.0 Å². The summed E-state index contributed by atoms with van der Waals surface area (Å²) in [4.78, 5) is 12.2. The van der Waals surface area contributed by atoms with Gasteiger partial charge in [0.2, 0.25) is 0 Å². The van der Waals surface area contributed by atoms with Crippen molar-refractivity contribution >= 4 is 22.7 Å². The molecule has 1 aliphatic heterocycles. The quantitative estimate of drug-likeness (QED) is 0.673. The van der Waals surface area contributed by atoms with Crippen LogP contribution in [0.4, 0.5) is 10.5 Å². The number of ether oxygens (including phenoxy) is 3. The summed E-state index contributed by atoms with van der Waals surface area (Å²) in [6.45, 7) is 3.75. The Morgan fingerprint density at radius 1 is 1.33 bits per heavy atom. The summed E-state index contributed by atoms with van der Waals surface area (Å²) in [7, 11) is 1.62. The van der Waals surface area contributed by atoms with Crippen LogP contribution >= 0.6 is 0 Å². The number of aryl methyl sites for hydroxylation is 1. The average Bonchev–Trinajstić information content (AvgIpc) is 3.38. The van der Waals surface area contributed by atoms with E-state index in [4.69, 9.17) is 14.2 Å². The molecule has 7 heteroatoms. The van der Waals surface area contributed by atoms with Gasteiger partial charge in [-0.05, 0) is 31.2 Å². The third kappa shape index (κ3) is 3.70. The second-order valence-corrected chi connectivity index (χ2v) is 7.06. The molecule has 1 aromatic heterocycles. The largest absolute Gasteiger partial charge is 0.497 e. The van der Waals surface area contributed by atoms with Crippen LogP contribution in [0.5, 0.6) is 5.75 Å². The molecule has 4 rings (SSSR count). The van der Waals surface area contributed by atoms with E-state index in [9.17, 15) is 10.1 Å². The Bertz CT molecular complexity index is 1120. The fraction of sp³-hybridized carbons (Fsp3) is 0.304. The van der Waals surface area contributed by atoms with Gasteiger partial charge in [0, 0.05) is 35.7 Å². The first-order chi connectivity index (χ1) is 14.6. The molecule has 1 fully saturated rings. The smallest absolute Gasteiger partial charge is 0.411 e. The fourth-order valence-corrected chi connectivity index (χ4v) is 3.85. The lowest BCUT2D eigenvalue weighted by Gasteiger charge is -2.13. The van der Waals surface area contributed by atoms with Gasteiger partial charge in [-0.1, -0.05) is 12.1 Å². The van der Waals surface area contributed by atoms with Crippen LogP contribution < -0.4 is 10.1 Å². The lowest BCUT2D eigenvalue weighted by Crippen LogP contribution is -2.22. The molecule has 1 N–H and O–H groups in total. The van der Waals surface area contributed by atoms with Crippen molar-refractivity contribution in [2.75, 3.05) is 25.6 Å². The zero-order valence-electron chi connectivity index (χ0n) is 17.0. The molecule has 30 heavy (non-hydrogen) atoms. The maximum atomic E-state index is 12.2. The molecule has 2 heterocycles. The summed E-state index contributed by atoms with van der Waals surface area (Å²) in [5, 5.41) is 13.5. The summed E-state index contributed by atoms with van der Waals surface area (Å²) in [5.74, 6) is 0.736. The summed E-state index contributed by atoms with van der Waals surface area (Å²) >= 11 is 0. The lowest BCUT2D eigenvalue weighted by molar-refractivity contribution is 0.0932. The Morgan fingerprint density at radius 2 is 2.20 bits per heavy atom. The van der Waals surface area contributed by atoms with Gasteiger partial charge in [0.05, 0.1) is 37.1 Å². The van der Waals surface area contributed by atoms with Crippen molar-refractivity contribution in [3.8, 4) is 23.1 Å². The molecule has 0 saturated carbocycles. The first-order valence-electron chi connectivity index (χ1n) is 9.90. The summed E-state index contributed by atoms with van der Waals surface area (Å²) in [5.41, 5.74) is 3.78. The number of aromatic nitrogens is 1. The van der Waals surface area contributed by atoms with E-state index in [1.165, 1.54) is 0 Å². The Labute approximate surface area is 174 Å². The van der Waals surface area contributed by atoms with Gasteiger partial charge in [0.15, 0.2) is 0 Å². The minimum absolute atomic E-state index is 0.212. The second kappa shape index (κ2) is 8.47. The van der Waals surface area contributed by atoms with E-state index in [1.54, 1.807) is 13.2 Å². The van der Waals surface area contributed by atoms with E-state index in [0.29, 0.717) is 37.4 Å². The molecule has 154 valence electrons. The highest BCUT2D eigenvalue weighted by Gasteiger charge is 2.21. The molecule has 1 atom stereocenters. The van der Waals surface area contributed by atoms with Crippen LogP contribution in [-0.2, 0) is 16.0 Å². The Morgan fingerprint density at radius 3 is 2.90 bits per heavy atom. The number of benzene rings is 2. The lowest BCUT2D eigenvalue weighted by atomic mass is 10.1. The normalized spacial score (nSPS) is 15.7. The third-order valence-electron chi connectivity index (χ3n) is 5.24. The topological polar surface area (TPSA) is 85.5 Å². The van der Waals surface area contributed by atoms with Gasteiger partial charge in [-0.25, -0.2) is 4.79 Å². The third-order valence-corrected chi connectivity index (χ3v) is 5.24. The molecule has 0 bridgehead atoms. The van der Waals surface area contributed by atoms with Crippen LogP contribution in [0, 0.1) is 11.3 Å². The van der Waals surface area contributed by atoms with Crippen molar-refractivity contribution in [1.29, 1.82) is 5.26 Å². The van der Waals surface area contributed by atoms with Crippen LogP contribution in [0.25, 0.3) is 22.2 Å². The predicted octanol–water partition coefficient (Wildman–Crippen LogP) is 4.55. The standard InChI is InChI=1S/C23H23N3O4/c1-3-26-21-12-17(28-2)7-8-19(21)20(13-24)22(26)15-5-4-6-16(11-15)25-23(27)30-18-9-10-29-14-18/h4-8,11-12,18H,3,9-10,14H2,1-2H3,(H,25,27). The Hall–Kier alpha value is -3.50. The van der Waals surface area contributed by atoms with E-state index in [2.05, 4.69) is 16.0 Å². The van der Waals surface area contributed by atoms with Gasteiger partial charge in [0.1, 0.15) is 17.9 Å². The molecular formula is C23H23N3O4. The van der Waals surface area contributed by atoms with E-state index in [-0.39, 0.29) is 6.10 Å². The molecule has 1 unspecified atom stereocenters. The number of carbonyl (C=O) groups is 1. The van der Waals surface area contributed by atoms with Crippen molar-refractivity contribution in [1.82, 2.24) is 4.57 Å². The van der Waals surface area contributed by atoms with Gasteiger partial charge < -0.3 is 18.8 Å². The van der Waals surface area contributed by atoms with Gasteiger partial charge in [0.25, 0.3) is 0 Å². The van der Waals surface area contributed by atoms with Crippen LogP contribution in [0.3, 0.4) is 0 Å². The number of nitriles is 1. The molecule has 0 spiro atoms. The number of methoxy groups -OCH3 is 1. The van der Waals surface area contributed by atoms with Crippen molar-refractivity contribution in [3.05, 3.63) is 48.0 Å². The van der Waals surface area contributed by atoms with E-state index >= 15 is 0 Å². The minimum Gasteiger partial charge on any atom is -0.497 e. The van der Waals surface area contributed by atoms with Gasteiger partial charge >= 0.3 is 6.09 Å². The fourth-order valence-electron chi connectivity index (χ4n) is 3.85. The highest BCUT2D eigenvalue weighted by molar-refractivity contribution is 5.96. The Balaban J connectivity index is 1.70. The maximum Gasteiger partial charge on any atom is 0.411 e. The summed E-state index contributed by atoms with van der Waals surface area (Å²) in [6.07, 6.45) is -0.0149. The number of carbonyl (C=O) groups excluding carboxylic acids is 1. The van der Waals surface area contributed by atoms with Crippen LogP contribution in [0.15, 0.2) is 42.5 Å². The number of amides is 1. The first kappa shape index (κ1) is 19.8. The number of hydrogen-bond acceptors (Lipinski definition) is 5. The monoisotopic (exact) mass is 405 g/mol. The summed E-state index contributed by atoms with van der Waals surface area (Å²) in [6, 6.07) is 15.5. The van der Waals surface area contributed by atoms with Crippen molar-refractivity contribution in [2.45, 2.75) is 26.0 Å². The van der Waals surface area contributed by atoms with Gasteiger partial charge in [-0.3, -0.25) is 5.32 Å². The van der Waals surface area contributed by atoms with Crippen molar-refractivity contribution in [3.63, 3.8) is 0 Å². The average molecular weight is 405 g/mol. The molecule has 1 aliphatic rings. The number of nitrogens with one attached hydrogen (secondary N) is 1. The second-order valence-electron chi connectivity index (χ2n) is 7.06. The molecule has 0 radical (unpaired) electrons. The molecule has 7 nitrogen and oxygen atoms in total. The predicted molar refractivity (Wildman–Crippen MR) is 114 cm³/mol. The van der Waals surface area contributed by atoms with E-state index in [1.807, 2.05) is 43.3 Å². The number of fused-ring (bicyclic) bond motifs is 1. The highest BCUT2D eigenvalue weighted by Crippen LogP contribution is 2.36. The molecule has 0 aliphatic carbocycles. The maximum absolute atomic E-state index is 12.2. The number of anilines is 1. The molecule has 3 aromatic rings. The highest BCUT2D eigenvalue weighted by atomic mass is 16.6. The van der Waals surface area contributed by atoms with Crippen LogP contribution in [-0.4, -0.2) is 37.1 Å². The summed E-state index contributed by atoms with van der Waals surface area (Å²) < 4.78 is 18.1. The molecule has 1 saturated heterocycles. The molecule has 2 aromatic carbocycles. The Kier molecular flexibility index (Phi) is 5.59.